The zero-order valence-corrected chi connectivity index (χ0v) is 11.9. The van der Waals surface area contributed by atoms with Gasteiger partial charge in [-0.25, -0.2) is 13.6 Å². The van der Waals surface area contributed by atoms with E-state index in [4.69, 9.17) is 5.11 Å². The number of amides is 1. The summed E-state index contributed by atoms with van der Waals surface area (Å²) in [6.45, 7) is 2.09. The van der Waals surface area contributed by atoms with E-state index in [0.29, 0.717) is 18.6 Å². The van der Waals surface area contributed by atoms with Crippen molar-refractivity contribution in [3.8, 4) is 0 Å². The maximum Gasteiger partial charge on any atom is 0.337 e. The van der Waals surface area contributed by atoms with Crippen molar-refractivity contribution in [1.29, 1.82) is 0 Å². The van der Waals surface area contributed by atoms with Gasteiger partial charge >= 0.3 is 5.97 Å². The van der Waals surface area contributed by atoms with E-state index in [1.54, 1.807) is 0 Å². The molecule has 1 aromatic carbocycles. The lowest BCUT2D eigenvalue weighted by molar-refractivity contribution is -0.116. The second-order valence-electron chi connectivity index (χ2n) is 4.83. The molecule has 0 bridgehead atoms. The fourth-order valence-electron chi connectivity index (χ4n) is 1.93. The summed E-state index contributed by atoms with van der Waals surface area (Å²) in [7, 11) is 0. The van der Waals surface area contributed by atoms with Gasteiger partial charge in [-0.05, 0) is 12.5 Å². The Morgan fingerprint density at radius 1 is 1.10 bits per heavy atom. The molecule has 0 radical (unpaired) electrons. The van der Waals surface area contributed by atoms with Gasteiger partial charge in [0.25, 0.3) is 0 Å². The number of benzene rings is 1. The van der Waals surface area contributed by atoms with Crippen LogP contribution in [0.1, 0.15) is 55.8 Å². The van der Waals surface area contributed by atoms with E-state index in [9.17, 15) is 18.4 Å². The quantitative estimate of drug-likeness (QED) is 0.714. The van der Waals surface area contributed by atoms with Crippen LogP contribution in [0.5, 0.6) is 0 Å². The molecule has 0 saturated heterocycles. The van der Waals surface area contributed by atoms with Crippen LogP contribution in [0.4, 0.5) is 14.5 Å². The summed E-state index contributed by atoms with van der Waals surface area (Å²) in [4.78, 5) is 22.7. The van der Waals surface area contributed by atoms with Gasteiger partial charge in [-0.3, -0.25) is 4.79 Å². The zero-order valence-electron chi connectivity index (χ0n) is 11.9. The molecule has 0 atom stereocenters. The molecular formula is C15H19F2NO3. The van der Waals surface area contributed by atoms with Gasteiger partial charge in [-0.2, -0.15) is 0 Å². The summed E-state index contributed by atoms with van der Waals surface area (Å²) in [6.07, 6.45) is 5.05. The van der Waals surface area contributed by atoms with Gasteiger partial charge in [-0.15, -0.1) is 0 Å². The van der Waals surface area contributed by atoms with Crippen molar-refractivity contribution in [1.82, 2.24) is 0 Å². The molecule has 0 aromatic heterocycles. The van der Waals surface area contributed by atoms with Crippen LogP contribution in [0.15, 0.2) is 12.1 Å². The molecule has 116 valence electrons. The lowest BCUT2D eigenvalue weighted by Gasteiger charge is -2.09. The Morgan fingerprint density at radius 2 is 1.71 bits per heavy atom. The first-order valence-electron chi connectivity index (χ1n) is 6.98. The van der Waals surface area contributed by atoms with Crippen LogP contribution in [0.2, 0.25) is 0 Å². The predicted octanol–water partition coefficient (Wildman–Crippen LogP) is 3.96. The summed E-state index contributed by atoms with van der Waals surface area (Å²) in [5, 5.41) is 11.3. The summed E-state index contributed by atoms with van der Waals surface area (Å²) >= 11 is 0. The normalized spacial score (nSPS) is 10.4. The number of halogens is 2. The molecule has 1 amide bonds. The van der Waals surface area contributed by atoms with E-state index in [2.05, 4.69) is 12.2 Å². The number of carbonyl (C=O) groups excluding carboxylic acids is 1. The second kappa shape index (κ2) is 8.34. The van der Waals surface area contributed by atoms with Crippen LogP contribution in [-0.2, 0) is 4.79 Å². The molecule has 0 aliphatic heterocycles. The smallest absolute Gasteiger partial charge is 0.337 e. The second-order valence-corrected chi connectivity index (χ2v) is 4.83. The third-order valence-corrected chi connectivity index (χ3v) is 3.07. The molecule has 0 aliphatic rings. The molecule has 0 saturated carbocycles. The molecular weight excluding hydrogens is 280 g/mol. The Labute approximate surface area is 122 Å². The van der Waals surface area contributed by atoms with Gasteiger partial charge in [0.1, 0.15) is 0 Å². The van der Waals surface area contributed by atoms with Crippen LogP contribution in [0.3, 0.4) is 0 Å². The molecule has 4 nitrogen and oxygen atoms in total. The minimum Gasteiger partial charge on any atom is -0.478 e. The third kappa shape index (κ3) is 5.49. The highest BCUT2D eigenvalue weighted by Gasteiger charge is 2.16. The van der Waals surface area contributed by atoms with E-state index < -0.39 is 29.1 Å². The minimum atomic E-state index is -1.42. The average Bonchev–Trinajstić information content (AvgIpc) is 2.42. The summed E-state index contributed by atoms with van der Waals surface area (Å²) in [6, 6.07) is 1.25. The Bertz CT molecular complexity index is 518. The maximum atomic E-state index is 13.1. The van der Waals surface area contributed by atoms with E-state index in [1.807, 2.05) is 0 Å². The SMILES string of the molecule is CCCCCCCC(=O)Nc1cc(F)c(F)cc1C(=O)O. The summed E-state index contributed by atoms with van der Waals surface area (Å²) in [5.41, 5.74) is -0.687. The standard InChI is InChI=1S/C15H19F2NO3/c1-2-3-4-5-6-7-14(19)18-13-9-12(17)11(16)8-10(13)15(20)21/h8-9H,2-7H2,1H3,(H,18,19)(H,20,21). The fourth-order valence-corrected chi connectivity index (χ4v) is 1.93. The molecule has 0 heterocycles. The van der Waals surface area contributed by atoms with E-state index in [0.717, 1.165) is 25.7 Å². The third-order valence-electron chi connectivity index (χ3n) is 3.07. The van der Waals surface area contributed by atoms with Crippen molar-refractivity contribution in [2.45, 2.75) is 45.4 Å². The first-order valence-corrected chi connectivity index (χ1v) is 6.98. The zero-order chi connectivity index (χ0) is 15.8. The molecule has 0 spiro atoms. The average molecular weight is 299 g/mol. The Morgan fingerprint density at radius 3 is 2.33 bits per heavy atom. The molecule has 21 heavy (non-hydrogen) atoms. The van der Waals surface area contributed by atoms with Gasteiger partial charge in [-0.1, -0.05) is 32.6 Å². The van der Waals surface area contributed by atoms with E-state index in [-0.39, 0.29) is 12.1 Å². The number of rotatable bonds is 8. The number of carboxylic acids is 1. The molecule has 6 heteroatoms. The first-order chi connectivity index (χ1) is 9.95. The number of nitrogens with one attached hydrogen (secondary N) is 1. The maximum absolute atomic E-state index is 13.1. The number of unbranched alkanes of at least 4 members (excludes halogenated alkanes) is 4. The Kier molecular flexibility index (Phi) is 6.78. The fraction of sp³-hybridized carbons (Fsp3) is 0.467. The molecule has 2 N–H and O–H groups in total. The van der Waals surface area contributed by atoms with E-state index >= 15 is 0 Å². The first kappa shape index (κ1) is 17.1. The predicted molar refractivity (Wildman–Crippen MR) is 75.3 cm³/mol. The number of aromatic carboxylic acids is 1. The van der Waals surface area contributed by atoms with Crippen LogP contribution in [-0.4, -0.2) is 17.0 Å². The lowest BCUT2D eigenvalue weighted by Crippen LogP contribution is -2.15. The monoisotopic (exact) mass is 299 g/mol. The topological polar surface area (TPSA) is 66.4 Å². The van der Waals surface area contributed by atoms with Gasteiger partial charge in [0.15, 0.2) is 11.6 Å². The number of anilines is 1. The highest BCUT2D eigenvalue weighted by Crippen LogP contribution is 2.20. The number of hydrogen-bond acceptors (Lipinski definition) is 2. The highest BCUT2D eigenvalue weighted by molar-refractivity contribution is 6.00. The van der Waals surface area contributed by atoms with Gasteiger partial charge < -0.3 is 10.4 Å². The van der Waals surface area contributed by atoms with E-state index in [1.165, 1.54) is 0 Å². The van der Waals surface area contributed by atoms with Crippen LogP contribution in [0, 0.1) is 11.6 Å². The summed E-state index contributed by atoms with van der Waals surface area (Å²) in [5.74, 6) is -4.28. The largest absolute Gasteiger partial charge is 0.478 e. The Balaban J connectivity index is 2.63. The van der Waals surface area contributed by atoms with Crippen molar-refractivity contribution < 1.29 is 23.5 Å². The van der Waals surface area contributed by atoms with Crippen molar-refractivity contribution in [3.63, 3.8) is 0 Å². The Hall–Kier alpha value is -1.98. The van der Waals surface area contributed by atoms with Gasteiger partial charge in [0.2, 0.25) is 5.91 Å². The number of carboxylic acid groups (broad SMARTS) is 1. The van der Waals surface area contributed by atoms with Crippen LogP contribution < -0.4 is 5.32 Å². The molecule has 0 fully saturated rings. The van der Waals surface area contributed by atoms with Crippen LogP contribution in [0.25, 0.3) is 0 Å². The number of hydrogen-bond donors (Lipinski definition) is 2. The van der Waals surface area contributed by atoms with Crippen molar-refractivity contribution in [2.75, 3.05) is 5.32 Å². The minimum absolute atomic E-state index is 0.222. The van der Waals surface area contributed by atoms with Crippen LogP contribution >= 0.6 is 0 Å². The molecule has 0 aliphatic carbocycles. The number of carbonyl (C=O) groups is 2. The highest BCUT2D eigenvalue weighted by atomic mass is 19.2. The van der Waals surface area contributed by atoms with Crippen molar-refractivity contribution in [3.05, 3.63) is 29.3 Å². The molecule has 1 aromatic rings. The lowest BCUT2D eigenvalue weighted by atomic mass is 10.1. The van der Waals surface area contributed by atoms with Crippen molar-refractivity contribution in [2.24, 2.45) is 0 Å². The summed E-state index contributed by atoms with van der Waals surface area (Å²) < 4.78 is 26.2. The molecule has 1 rings (SSSR count). The molecule has 0 unspecified atom stereocenters. The van der Waals surface area contributed by atoms with Gasteiger partial charge in [0.05, 0.1) is 11.3 Å². The van der Waals surface area contributed by atoms with Gasteiger partial charge in [0, 0.05) is 12.5 Å². The van der Waals surface area contributed by atoms with Crippen molar-refractivity contribution >= 4 is 17.6 Å².